The Morgan fingerprint density at radius 1 is 1.78 bits per heavy atom. The molecule has 0 bridgehead atoms. The molecule has 1 fully saturated rings. The van der Waals surface area contributed by atoms with Crippen LogP contribution in [0, 0.1) is 0 Å². The second-order valence-corrected chi connectivity index (χ2v) is 1.90. The van der Waals surface area contributed by atoms with Crippen LogP contribution in [0.4, 0.5) is 0 Å². The Hall–Kier alpha value is -0.990. The lowest BCUT2D eigenvalue weighted by atomic mass is 10.3. The lowest BCUT2D eigenvalue weighted by Gasteiger charge is -1.92. The van der Waals surface area contributed by atoms with Gasteiger partial charge in [0.25, 0.3) is 0 Å². The highest BCUT2D eigenvalue weighted by molar-refractivity contribution is 5.80. The van der Waals surface area contributed by atoms with E-state index in [1.165, 1.54) is 0 Å². The minimum Gasteiger partial charge on any atom is -0.498 e. The van der Waals surface area contributed by atoms with Crippen LogP contribution in [-0.4, -0.2) is 17.7 Å². The number of hydrogen-bond donors (Lipinski definition) is 1. The number of ether oxygens (including phenoxy) is 1. The van der Waals surface area contributed by atoms with E-state index < -0.39 is 5.97 Å². The van der Waals surface area contributed by atoms with E-state index in [1.807, 2.05) is 0 Å². The largest absolute Gasteiger partial charge is 0.498 e. The van der Waals surface area contributed by atoms with Crippen LogP contribution < -0.4 is 0 Å². The molecule has 1 heterocycles. The molecule has 1 saturated heterocycles. The van der Waals surface area contributed by atoms with Crippen molar-refractivity contribution >= 4 is 5.97 Å². The van der Waals surface area contributed by atoms with Gasteiger partial charge in [0.2, 0.25) is 0 Å². The van der Waals surface area contributed by atoms with Gasteiger partial charge in [-0.05, 0) is 6.42 Å². The summed E-state index contributed by atoms with van der Waals surface area (Å²) in [5.41, 5.74) is 0. The maximum Gasteiger partial charge on any atom is 0.331 e. The highest BCUT2D eigenvalue weighted by Crippen LogP contribution is 2.14. The lowest BCUT2D eigenvalue weighted by Crippen LogP contribution is -1.90. The van der Waals surface area contributed by atoms with Crippen LogP contribution in [0.3, 0.4) is 0 Å². The number of hydrogen-bond acceptors (Lipinski definition) is 2. The summed E-state index contributed by atoms with van der Waals surface area (Å²) in [4.78, 5) is 10.00. The van der Waals surface area contributed by atoms with Gasteiger partial charge in [-0.2, -0.15) is 0 Å². The summed E-state index contributed by atoms with van der Waals surface area (Å²) in [5, 5.41) is 8.22. The third kappa shape index (κ3) is 1.76. The second-order valence-electron chi connectivity index (χ2n) is 1.90. The fourth-order valence-electron chi connectivity index (χ4n) is 0.773. The number of rotatable bonds is 1. The van der Waals surface area contributed by atoms with Crippen LogP contribution >= 0.6 is 0 Å². The summed E-state index contributed by atoms with van der Waals surface area (Å²) in [6, 6.07) is 0. The molecule has 9 heavy (non-hydrogen) atoms. The zero-order valence-corrected chi connectivity index (χ0v) is 4.96. The molecule has 0 saturated carbocycles. The van der Waals surface area contributed by atoms with Gasteiger partial charge in [0.1, 0.15) is 5.76 Å². The third-order valence-electron chi connectivity index (χ3n) is 1.14. The van der Waals surface area contributed by atoms with Crippen LogP contribution in [0.5, 0.6) is 0 Å². The molecular formula is C6H8O3. The van der Waals surface area contributed by atoms with Crippen molar-refractivity contribution < 1.29 is 14.6 Å². The number of carboxylic acids is 1. The van der Waals surface area contributed by atoms with Gasteiger partial charge in [-0.25, -0.2) is 4.79 Å². The molecule has 1 N–H and O–H groups in total. The molecular weight excluding hydrogens is 120 g/mol. The Balaban J connectivity index is 2.49. The summed E-state index contributed by atoms with van der Waals surface area (Å²) in [6.07, 6.45) is 2.83. The van der Waals surface area contributed by atoms with E-state index in [0.717, 1.165) is 18.9 Å². The quantitative estimate of drug-likeness (QED) is 0.530. The summed E-state index contributed by atoms with van der Waals surface area (Å²) >= 11 is 0. The van der Waals surface area contributed by atoms with Crippen molar-refractivity contribution in [2.45, 2.75) is 12.8 Å². The highest BCUT2D eigenvalue weighted by atomic mass is 16.5. The van der Waals surface area contributed by atoms with E-state index in [2.05, 4.69) is 0 Å². The van der Waals surface area contributed by atoms with Crippen molar-refractivity contribution in [3.05, 3.63) is 11.8 Å². The van der Waals surface area contributed by atoms with E-state index >= 15 is 0 Å². The Labute approximate surface area is 52.9 Å². The second kappa shape index (κ2) is 2.53. The van der Waals surface area contributed by atoms with Crippen molar-refractivity contribution in [2.75, 3.05) is 6.61 Å². The smallest absolute Gasteiger partial charge is 0.331 e. The van der Waals surface area contributed by atoms with Crippen LogP contribution in [0.1, 0.15) is 12.8 Å². The third-order valence-corrected chi connectivity index (χ3v) is 1.14. The predicted molar refractivity (Wildman–Crippen MR) is 30.9 cm³/mol. The Morgan fingerprint density at radius 3 is 3.00 bits per heavy atom. The first kappa shape index (κ1) is 6.13. The average molecular weight is 128 g/mol. The number of aliphatic carboxylic acids is 1. The fourth-order valence-corrected chi connectivity index (χ4v) is 0.773. The lowest BCUT2D eigenvalue weighted by molar-refractivity contribution is -0.131. The van der Waals surface area contributed by atoms with Gasteiger partial charge in [-0.15, -0.1) is 0 Å². The first-order valence-electron chi connectivity index (χ1n) is 2.85. The molecule has 0 aromatic rings. The standard InChI is InChI=1S/C6H8O3/c7-6(8)4-5-2-1-3-9-5/h4H,1-3H2,(H,7,8)/b5-4+. The predicted octanol–water partition coefficient (Wildman–Crippen LogP) is 0.765. The maximum absolute atomic E-state index is 10.00. The SMILES string of the molecule is O=C(O)/C=C1\CCCO1. The molecule has 0 unspecified atom stereocenters. The molecule has 3 heteroatoms. The van der Waals surface area contributed by atoms with Gasteiger partial charge in [0.15, 0.2) is 0 Å². The van der Waals surface area contributed by atoms with Gasteiger partial charge in [0.05, 0.1) is 12.7 Å². The van der Waals surface area contributed by atoms with Crippen molar-refractivity contribution in [3.63, 3.8) is 0 Å². The Kier molecular flexibility index (Phi) is 1.72. The minimum atomic E-state index is -0.924. The molecule has 3 nitrogen and oxygen atoms in total. The summed E-state index contributed by atoms with van der Waals surface area (Å²) in [6.45, 7) is 0.666. The van der Waals surface area contributed by atoms with Crippen LogP contribution in [-0.2, 0) is 9.53 Å². The topological polar surface area (TPSA) is 46.5 Å². The molecule has 1 aliphatic rings. The van der Waals surface area contributed by atoms with Gasteiger partial charge in [-0.3, -0.25) is 0 Å². The van der Waals surface area contributed by atoms with Crippen molar-refractivity contribution in [1.29, 1.82) is 0 Å². The Morgan fingerprint density at radius 2 is 2.56 bits per heavy atom. The van der Waals surface area contributed by atoms with Crippen LogP contribution in [0.15, 0.2) is 11.8 Å². The van der Waals surface area contributed by atoms with Gasteiger partial charge < -0.3 is 9.84 Å². The number of carboxylic acid groups (broad SMARTS) is 1. The molecule has 50 valence electrons. The minimum absolute atomic E-state index is 0.600. The monoisotopic (exact) mass is 128 g/mol. The normalized spacial score (nSPS) is 22.0. The van der Waals surface area contributed by atoms with E-state index in [4.69, 9.17) is 9.84 Å². The first-order chi connectivity index (χ1) is 4.29. The van der Waals surface area contributed by atoms with Crippen molar-refractivity contribution in [3.8, 4) is 0 Å². The fraction of sp³-hybridized carbons (Fsp3) is 0.500. The molecule has 0 aromatic carbocycles. The summed E-state index contributed by atoms with van der Waals surface area (Å²) in [7, 11) is 0. The first-order valence-corrected chi connectivity index (χ1v) is 2.85. The van der Waals surface area contributed by atoms with Crippen LogP contribution in [0.25, 0.3) is 0 Å². The molecule has 0 amide bonds. The zero-order chi connectivity index (χ0) is 6.69. The van der Waals surface area contributed by atoms with E-state index in [9.17, 15) is 4.79 Å². The van der Waals surface area contributed by atoms with E-state index in [-0.39, 0.29) is 0 Å². The molecule has 0 aromatic heterocycles. The van der Waals surface area contributed by atoms with Gasteiger partial charge in [0, 0.05) is 6.42 Å². The number of carbonyl (C=O) groups is 1. The average Bonchev–Trinajstić information content (AvgIpc) is 2.15. The Bertz CT molecular complexity index is 140. The van der Waals surface area contributed by atoms with E-state index in [0.29, 0.717) is 12.4 Å². The molecule has 0 aliphatic carbocycles. The molecule has 0 spiro atoms. The van der Waals surface area contributed by atoms with Crippen molar-refractivity contribution in [1.82, 2.24) is 0 Å². The van der Waals surface area contributed by atoms with Gasteiger partial charge >= 0.3 is 5.97 Å². The molecule has 0 radical (unpaired) electrons. The maximum atomic E-state index is 10.00. The van der Waals surface area contributed by atoms with E-state index in [1.54, 1.807) is 0 Å². The summed E-state index contributed by atoms with van der Waals surface area (Å²) < 4.78 is 4.94. The molecule has 0 atom stereocenters. The van der Waals surface area contributed by atoms with Crippen LogP contribution in [0.2, 0.25) is 0 Å². The van der Waals surface area contributed by atoms with Gasteiger partial charge in [-0.1, -0.05) is 0 Å². The molecule has 1 rings (SSSR count). The number of allylic oxidation sites excluding steroid dienone is 1. The van der Waals surface area contributed by atoms with Crippen molar-refractivity contribution in [2.24, 2.45) is 0 Å². The highest BCUT2D eigenvalue weighted by Gasteiger charge is 2.07. The zero-order valence-electron chi connectivity index (χ0n) is 4.96. The molecule has 1 aliphatic heterocycles. The summed E-state index contributed by atoms with van der Waals surface area (Å²) in [5.74, 6) is -0.325.